The van der Waals surface area contributed by atoms with Gasteiger partial charge in [-0.2, -0.15) is 4.98 Å². The fourth-order valence-corrected chi connectivity index (χ4v) is 6.43. The van der Waals surface area contributed by atoms with Gasteiger partial charge in [0.2, 0.25) is 5.95 Å². The number of methoxy groups -OCH3 is 1. The van der Waals surface area contributed by atoms with Crippen LogP contribution in [0.2, 0.25) is 0 Å². The normalized spacial score (nSPS) is 28.5. The van der Waals surface area contributed by atoms with Gasteiger partial charge in [0.15, 0.2) is 47.4 Å². The van der Waals surface area contributed by atoms with Gasteiger partial charge in [-0.1, -0.05) is 0 Å². The van der Waals surface area contributed by atoms with Crippen LogP contribution in [0.5, 0.6) is 0 Å². The van der Waals surface area contributed by atoms with E-state index in [1.165, 1.54) is 35.2 Å². The van der Waals surface area contributed by atoms with Crippen LogP contribution in [0.3, 0.4) is 0 Å². The molecule has 2 radical (unpaired) electrons. The van der Waals surface area contributed by atoms with E-state index < -0.39 is 78.3 Å². The molecule has 4 aromatic rings. The first-order valence-electron chi connectivity index (χ1n) is 13.4. The number of aromatic amines is 1. The minimum absolute atomic E-state index is 0.0352. The van der Waals surface area contributed by atoms with Crippen LogP contribution in [-0.2, 0) is 41.6 Å². The van der Waals surface area contributed by atoms with Crippen LogP contribution < -0.4 is 17.0 Å². The second kappa shape index (κ2) is 13.6. The lowest BCUT2D eigenvalue weighted by molar-refractivity contribution is -0.0588. The van der Waals surface area contributed by atoms with Gasteiger partial charge < -0.3 is 30.4 Å². The quantitative estimate of drug-likeness (QED) is 0.125. The van der Waals surface area contributed by atoms with Crippen LogP contribution in [0.25, 0.3) is 22.3 Å². The number of nitrogen functional groups attached to an aromatic ring is 2. The Morgan fingerprint density at radius 1 is 1.04 bits per heavy atom. The van der Waals surface area contributed by atoms with Crippen LogP contribution in [0.1, 0.15) is 12.5 Å². The second-order valence-electron chi connectivity index (χ2n) is 9.90. The van der Waals surface area contributed by atoms with Gasteiger partial charge in [-0.25, -0.2) is 28.9 Å². The highest BCUT2D eigenvalue weighted by Crippen LogP contribution is 2.42. The predicted octanol–water partition coefficient (Wildman–Crippen LogP) is 0.0655. The maximum absolute atomic E-state index is 15.9. The molecular formula is C22H25BFN10O10P2+. The Labute approximate surface area is 260 Å². The summed E-state index contributed by atoms with van der Waals surface area (Å²) >= 11 is 0. The fourth-order valence-electron chi connectivity index (χ4n) is 5.33. The molecule has 0 spiro atoms. The van der Waals surface area contributed by atoms with Crippen molar-refractivity contribution in [3.8, 4) is 0 Å². The van der Waals surface area contributed by atoms with Crippen molar-refractivity contribution >= 4 is 58.9 Å². The van der Waals surface area contributed by atoms with E-state index in [9.17, 15) is 13.9 Å². The van der Waals surface area contributed by atoms with E-state index in [1.807, 2.05) is 0 Å². The van der Waals surface area contributed by atoms with Crippen LogP contribution >= 0.6 is 16.9 Å². The van der Waals surface area contributed by atoms with Crippen molar-refractivity contribution in [1.82, 2.24) is 39.0 Å². The first-order valence-corrected chi connectivity index (χ1v) is 15.2. The first kappa shape index (κ1) is 32.4. The van der Waals surface area contributed by atoms with Gasteiger partial charge in [0, 0.05) is 18.2 Å². The molecule has 0 saturated carbocycles. The van der Waals surface area contributed by atoms with Crippen molar-refractivity contribution < 1.29 is 46.0 Å². The summed E-state index contributed by atoms with van der Waals surface area (Å²) in [5, 5.41) is 0. The Hall–Kier alpha value is -3.59. The standard InChI is InChI=1S/C22H24BFN10O10P2/c1-38-14-9(42-21(15(14)43-45-36)34-7-30-12-18(34)31-22(26)32-19(12)35)3-40-46(37)44-13-8(2-39-4-23)41-20(10(13)24)33-6-29-11-16(25)27-5-28-17(11)33/h5-10,13-15,20-21H,2-4H2,1H3,(H4-,25,26,27,28,31,32,35)/p+1. The molecule has 0 aromatic carbocycles. The van der Waals surface area contributed by atoms with E-state index in [0.717, 1.165) is 0 Å². The first-order chi connectivity index (χ1) is 22.2. The highest BCUT2D eigenvalue weighted by atomic mass is 31.1. The van der Waals surface area contributed by atoms with Gasteiger partial charge in [-0.05, 0) is 0 Å². The number of aromatic nitrogens is 8. The zero-order valence-electron chi connectivity index (χ0n) is 23.7. The van der Waals surface area contributed by atoms with Crippen molar-refractivity contribution in [2.75, 3.05) is 38.3 Å². The Kier molecular flexibility index (Phi) is 9.60. The number of rotatable bonds is 13. The number of fused-ring (bicyclic) bond motifs is 2. The van der Waals surface area contributed by atoms with Gasteiger partial charge in [0.05, 0.1) is 19.3 Å². The summed E-state index contributed by atoms with van der Waals surface area (Å²) in [7, 11) is 3.09. The van der Waals surface area contributed by atoms with E-state index >= 15 is 4.39 Å². The zero-order chi connectivity index (χ0) is 32.5. The summed E-state index contributed by atoms with van der Waals surface area (Å²) in [4.78, 5) is 34.9. The smallest absolute Gasteiger partial charge is 0.388 e. The Balaban J connectivity index is 1.17. The van der Waals surface area contributed by atoms with E-state index in [0.29, 0.717) is 0 Å². The summed E-state index contributed by atoms with van der Waals surface area (Å²) in [6.07, 6.45) is -6.01. The summed E-state index contributed by atoms with van der Waals surface area (Å²) in [6.45, 7) is -0.803. The molecule has 0 bridgehead atoms. The largest absolute Gasteiger partial charge is 0.697 e. The third-order valence-corrected chi connectivity index (χ3v) is 8.43. The lowest BCUT2D eigenvalue weighted by Gasteiger charge is -2.20. The Morgan fingerprint density at radius 3 is 2.50 bits per heavy atom. The SMILES string of the molecule is [B]COCC1OC(n2cnc3c(N)ncnc32)C(F)C1O[P+](=O)OCC1OC(n2cnc3c(=O)[nH]c(N)nc32)C(OP=O)C1OC. The van der Waals surface area contributed by atoms with Crippen LogP contribution in [-0.4, -0.2) is 110 Å². The average molecular weight is 681 g/mol. The summed E-state index contributed by atoms with van der Waals surface area (Å²) in [5.41, 5.74) is 11.4. The van der Waals surface area contributed by atoms with Gasteiger partial charge >= 0.3 is 16.9 Å². The molecule has 2 fully saturated rings. The number of hydrogen-bond donors (Lipinski definition) is 3. The number of nitrogens with one attached hydrogen (secondary N) is 1. The van der Waals surface area contributed by atoms with Gasteiger partial charge in [0.1, 0.15) is 50.7 Å². The second-order valence-corrected chi connectivity index (χ2v) is 11.2. The molecule has 0 amide bonds. The molecule has 242 valence electrons. The van der Waals surface area contributed by atoms with Crippen molar-refractivity contribution in [3.05, 3.63) is 29.3 Å². The van der Waals surface area contributed by atoms with Crippen molar-refractivity contribution in [2.45, 2.75) is 49.1 Å². The van der Waals surface area contributed by atoms with Crippen LogP contribution in [0.4, 0.5) is 16.2 Å². The average Bonchev–Trinajstić information content (AvgIpc) is 3.80. The summed E-state index contributed by atoms with van der Waals surface area (Å²) in [6, 6.07) is 0. The molecule has 5 N–H and O–H groups in total. The summed E-state index contributed by atoms with van der Waals surface area (Å²) < 4.78 is 82.0. The van der Waals surface area contributed by atoms with Crippen molar-refractivity contribution in [1.29, 1.82) is 0 Å². The van der Waals surface area contributed by atoms with Gasteiger partial charge in [-0.15, -0.1) is 9.05 Å². The van der Waals surface area contributed by atoms with Gasteiger partial charge in [-0.3, -0.25) is 23.4 Å². The molecule has 24 heteroatoms. The number of hydrogen-bond acceptors (Lipinski definition) is 17. The number of ether oxygens (including phenoxy) is 4. The molecule has 0 aliphatic carbocycles. The molecule has 9 atom stereocenters. The highest BCUT2D eigenvalue weighted by molar-refractivity contribution is 7.33. The molecule has 4 aromatic heterocycles. The van der Waals surface area contributed by atoms with Crippen molar-refractivity contribution in [3.63, 3.8) is 0 Å². The van der Waals surface area contributed by atoms with E-state index in [2.05, 4.69) is 29.9 Å². The molecular weight excluding hydrogens is 656 g/mol. The summed E-state index contributed by atoms with van der Waals surface area (Å²) in [5.74, 6) is -0.0834. The van der Waals surface area contributed by atoms with E-state index in [4.69, 9.17) is 51.8 Å². The zero-order valence-corrected chi connectivity index (χ0v) is 25.5. The Morgan fingerprint density at radius 2 is 1.76 bits per heavy atom. The number of nitrogens with zero attached hydrogens (tertiary/aromatic N) is 7. The third-order valence-electron chi connectivity index (χ3n) is 7.33. The van der Waals surface area contributed by atoms with E-state index in [1.54, 1.807) is 0 Å². The topological polar surface area (TPSA) is 258 Å². The number of nitrogens with two attached hydrogens (primary N) is 2. The van der Waals surface area contributed by atoms with Crippen LogP contribution in [0, 0.1) is 0 Å². The highest BCUT2D eigenvalue weighted by Gasteiger charge is 2.53. The molecule has 2 saturated heterocycles. The molecule has 9 unspecified atom stereocenters. The Bertz CT molecular complexity index is 1800. The molecule has 6 heterocycles. The number of imidazole rings is 2. The molecule has 6 rings (SSSR count). The number of H-pyrrole nitrogens is 1. The molecule has 2 aliphatic heterocycles. The third kappa shape index (κ3) is 5.99. The minimum Gasteiger partial charge on any atom is -0.388 e. The number of alkyl halides is 1. The number of halogens is 1. The molecule has 2 aliphatic rings. The van der Waals surface area contributed by atoms with Crippen LogP contribution in [0.15, 0.2) is 23.8 Å². The molecule has 46 heavy (non-hydrogen) atoms. The fraction of sp³-hybridized carbons (Fsp3) is 0.545. The maximum atomic E-state index is 15.9. The number of anilines is 2. The lowest BCUT2D eigenvalue weighted by Crippen LogP contribution is -2.36. The predicted molar refractivity (Wildman–Crippen MR) is 153 cm³/mol. The monoisotopic (exact) mass is 681 g/mol. The minimum atomic E-state index is -3.00. The van der Waals surface area contributed by atoms with Crippen molar-refractivity contribution in [2.24, 2.45) is 0 Å². The molecule has 20 nitrogen and oxygen atoms in total. The maximum Gasteiger partial charge on any atom is 0.697 e. The lowest BCUT2D eigenvalue weighted by atomic mass is 10.1. The van der Waals surface area contributed by atoms with Gasteiger partial charge in [0.25, 0.3) is 5.56 Å². The van der Waals surface area contributed by atoms with E-state index in [-0.39, 0.29) is 47.2 Å².